The van der Waals surface area contributed by atoms with Gasteiger partial charge in [0, 0.05) is 5.54 Å². The van der Waals surface area contributed by atoms with Gasteiger partial charge in [-0.15, -0.1) is 0 Å². The molecule has 0 aliphatic heterocycles. The highest BCUT2D eigenvalue weighted by Crippen LogP contribution is 2.18. The first-order chi connectivity index (χ1) is 6.90. The Kier molecular flexibility index (Phi) is 4.12. The van der Waals surface area contributed by atoms with Crippen molar-refractivity contribution in [1.82, 2.24) is 5.32 Å². The molecule has 1 aromatic rings. The fourth-order valence-electron chi connectivity index (χ4n) is 1.31. The molecule has 1 rings (SSSR count). The van der Waals surface area contributed by atoms with Gasteiger partial charge in [-0.25, -0.2) is 4.39 Å². The van der Waals surface area contributed by atoms with Crippen molar-refractivity contribution in [2.45, 2.75) is 32.7 Å². The second kappa shape index (κ2) is 4.95. The van der Waals surface area contributed by atoms with Gasteiger partial charge in [-0.1, -0.05) is 23.7 Å². The minimum absolute atomic E-state index is 0.0645. The van der Waals surface area contributed by atoms with Gasteiger partial charge in [-0.05, 0) is 45.4 Å². The van der Waals surface area contributed by atoms with Gasteiger partial charge in [0.15, 0.2) is 0 Å². The molecule has 1 nitrogen and oxygen atoms in total. The molecule has 0 amide bonds. The Hall–Kier alpha value is -0.600. The number of benzene rings is 1. The standard InChI is InChI=1S/C12H17ClFN/c1-12(2,3)15-8-7-9-5-4-6-10(13)11(9)14/h4-6,15H,7-8H2,1-3H3. The Morgan fingerprint density at radius 3 is 2.60 bits per heavy atom. The summed E-state index contributed by atoms with van der Waals surface area (Å²) in [6, 6.07) is 5.11. The molecule has 0 unspecified atom stereocenters. The first kappa shape index (κ1) is 12.5. The monoisotopic (exact) mass is 229 g/mol. The highest BCUT2D eigenvalue weighted by molar-refractivity contribution is 6.30. The lowest BCUT2D eigenvalue weighted by atomic mass is 10.1. The first-order valence-electron chi connectivity index (χ1n) is 5.08. The van der Waals surface area contributed by atoms with Crippen molar-refractivity contribution in [1.29, 1.82) is 0 Å². The van der Waals surface area contributed by atoms with E-state index in [1.54, 1.807) is 18.2 Å². The molecular formula is C12H17ClFN. The van der Waals surface area contributed by atoms with Crippen LogP contribution in [0.3, 0.4) is 0 Å². The fourth-order valence-corrected chi connectivity index (χ4v) is 1.51. The summed E-state index contributed by atoms with van der Waals surface area (Å²) in [6.45, 7) is 7.00. The molecule has 0 spiro atoms. The van der Waals surface area contributed by atoms with Gasteiger partial charge in [0.05, 0.1) is 5.02 Å². The van der Waals surface area contributed by atoms with Gasteiger partial charge in [0.2, 0.25) is 0 Å². The zero-order valence-electron chi connectivity index (χ0n) is 9.40. The van der Waals surface area contributed by atoms with Gasteiger partial charge in [-0.3, -0.25) is 0 Å². The van der Waals surface area contributed by atoms with Crippen LogP contribution in [-0.2, 0) is 6.42 Å². The molecule has 0 aliphatic carbocycles. The van der Waals surface area contributed by atoms with E-state index in [1.165, 1.54) is 0 Å². The lowest BCUT2D eigenvalue weighted by molar-refractivity contribution is 0.427. The molecule has 0 radical (unpaired) electrons. The molecule has 0 atom stereocenters. The number of rotatable bonds is 3. The van der Waals surface area contributed by atoms with Crippen LogP contribution in [0.1, 0.15) is 26.3 Å². The zero-order valence-corrected chi connectivity index (χ0v) is 10.2. The third-order valence-corrected chi connectivity index (χ3v) is 2.37. The molecule has 0 saturated heterocycles. The minimum atomic E-state index is -0.296. The Balaban J connectivity index is 2.55. The van der Waals surface area contributed by atoms with E-state index in [-0.39, 0.29) is 16.4 Å². The van der Waals surface area contributed by atoms with Gasteiger partial charge in [-0.2, -0.15) is 0 Å². The van der Waals surface area contributed by atoms with Crippen LogP contribution in [0.2, 0.25) is 5.02 Å². The molecule has 0 bridgehead atoms. The maximum absolute atomic E-state index is 13.5. The van der Waals surface area contributed by atoms with E-state index in [9.17, 15) is 4.39 Å². The summed E-state index contributed by atoms with van der Waals surface area (Å²) in [4.78, 5) is 0. The van der Waals surface area contributed by atoms with Gasteiger partial charge < -0.3 is 5.32 Å². The van der Waals surface area contributed by atoms with E-state index in [2.05, 4.69) is 26.1 Å². The Morgan fingerprint density at radius 2 is 2.00 bits per heavy atom. The Bertz CT molecular complexity index is 331. The maximum Gasteiger partial charge on any atom is 0.145 e. The SMILES string of the molecule is CC(C)(C)NCCc1cccc(Cl)c1F. The smallest absolute Gasteiger partial charge is 0.145 e. The van der Waals surface area contributed by atoms with E-state index in [1.807, 2.05) is 0 Å². The third kappa shape index (κ3) is 4.18. The maximum atomic E-state index is 13.5. The van der Waals surface area contributed by atoms with E-state index >= 15 is 0 Å². The number of hydrogen-bond donors (Lipinski definition) is 1. The molecule has 0 aromatic heterocycles. The van der Waals surface area contributed by atoms with Crippen LogP contribution in [0.25, 0.3) is 0 Å². The second-order valence-electron chi connectivity index (χ2n) is 4.64. The number of halogens is 2. The van der Waals surface area contributed by atoms with Crippen molar-refractivity contribution < 1.29 is 4.39 Å². The van der Waals surface area contributed by atoms with Crippen molar-refractivity contribution in [3.8, 4) is 0 Å². The Labute approximate surface area is 95.6 Å². The molecule has 0 aliphatic rings. The highest BCUT2D eigenvalue weighted by atomic mass is 35.5. The summed E-state index contributed by atoms with van der Waals surface area (Å²) in [7, 11) is 0. The molecule has 15 heavy (non-hydrogen) atoms. The van der Waals surface area contributed by atoms with Crippen LogP contribution in [0.15, 0.2) is 18.2 Å². The van der Waals surface area contributed by atoms with Crippen LogP contribution in [0, 0.1) is 5.82 Å². The summed E-state index contributed by atoms with van der Waals surface area (Å²) in [5.74, 6) is -0.296. The van der Waals surface area contributed by atoms with Crippen molar-refractivity contribution in [2.24, 2.45) is 0 Å². The van der Waals surface area contributed by atoms with E-state index in [0.29, 0.717) is 12.0 Å². The van der Waals surface area contributed by atoms with Crippen LogP contribution in [0.4, 0.5) is 4.39 Å². The fraction of sp³-hybridized carbons (Fsp3) is 0.500. The van der Waals surface area contributed by atoms with Crippen molar-refractivity contribution in [3.63, 3.8) is 0 Å². The highest BCUT2D eigenvalue weighted by Gasteiger charge is 2.10. The summed E-state index contributed by atoms with van der Waals surface area (Å²) < 4.78 is 13.5. The molecule has 1 aromatic carbocycles. The number of hydrogen-bond acceptors (Lipinski definition) is 1. The van der Waals surface area contributed by atoms with Crippen LogP contribution in [-0.4, -0.2) is 12.1 Å². The van der Waals surface area contributed by atoms with Crippen molar-refractivity contribution in [3.05, 3.63) is 34.6 Å². The first-order valence-corrected chi connectivity index (χ1v) is 5.46. The molecule has 84 valence electrons. The van der Waals surface area contributed by atoms with Crippen molar-refractivity contribution in [2.75, 3.05) is 6.54 Å². The predicted octanol–water partition coefficient (Wildman–Crippen LogP) is 3.41. The largest absolute Gasteiger partial charge is 0.312 e. The lowest BCUT2D eigenvalue weighted by Crippen LogP contribution is -2.37. The van der Waals surface area contributed by atoms with Gasteiger partial charge in [0.25, 0.3) is 0 Å². The van der Waals surface area contributed by atoms with E-state index in [4.69, 9.17) is 11.6 Å². The summed E-state index contributed by atoms with van der Waals surface area (Å²) in [5.41, 5.74) is 0.731. The van der Waals surface area contributed by atoms with Crippen LogP contribution >= 0.6 is 11.6 Å². The van der Waals surface area contributed by atoms with E-state index in [0.717, 1.165) is 6.54 Å². The average Bonchev–Trinajstić information content (AvgIpc) is 2.10. The lowest BCUT2D eigenvalue weighted by Gasteiger charge is -2.20. The summed E-state index contributed by atoms with van der Waals surface area (Å²) >= 11 is 5.69. The van der Waals surface area contributed by atoms with Gasteiger partial charge in [0.1, 0.15) is 5.82 Å². The molecule has 1 N–H and O–H groups in total. The normalized spacial score (nSPS) is 11.8. The Morgan fingerprint density at radius 1 is 1.33 bits per heavy atom. The predicted molar refractivity (Wildman–Crippen MR) is 62.9 cm³/mol. The third-order valence-electron chi connectivity index (χ3n) is 2.08. The molecule has 0 saturated carbocycles. The second-order valence-corrected chi connectivity index (χ2v) is 5.05. The molecule has 3 heteroatoms. The topological polar surface area (TPSA) is 12.0 Å². The van der Waals surface area contributed by atoms with E-state index < -0.39 is 0 Å². The van der Waals surface area contributed by atoms with Crippen LogP contribution < -0.4 is 5.32 Å². The summed E-state index contributed by atoms with van der Waals surface area (Å²) in [5, 5.41) is 3.50. The van der Waals surface area contributed by atoms with Crippen molar-refractivity contribution >= 4 is 11.6 Å². The quantitative estimate of drug-likeness (QED) is 0.838. The van der Waals surface area contributed by atoms with Gasteiger partial charge >= 0.3 is 0 Å². The minimum Gasteiger partial charge on any atom is -0.312 e. The molecule has 0 heterocycles. The van der Waals surface area contributed by atoms with Crippen LogP contribution in [0.5, 0.6) is 0 Å². The zero-order chi connectivity index (χ0) is 11.5. The number of nitrogens with one attached hydrogen (secondary N) is 1. The summed E-state index contributed by atoms with van der Waals surface area (Å²) in [6.07, 6.45) is 0.656. The molecular weight excluding hydrogens is 213 g/mol. The molecule has 0 fully saturated rings. The average molecular weight is 230 g/mol.